The molecule has 0 spiro atoms. The number of imide groups is 1. The Hall–Kier alpha value is -2.97. The van der Waals surface area contributed by atoms with Gasteiger partial charge in [0, 0.05) is 18.5 Å². The number of carbonyl (C=O) groups excluding carboxylic acids is 3. The highest BCUT2D eigenvalue weighted by atomic mass is 32.2. The number of carbonyl (C=O) groups is 3. The predicted octanol–water partition coefficient (Wildman–Crippen LogP) is 4.16. The number of amides is 3. The second-order valence-electron chi connectivity index (χ2n) is 6.33. The van der Waals surface area contributed by atoms with Crippen LogP contribution < -0.4 is 5.32 Å². The van der Waals surface area contributed by atoms with Crippen molar-refractivity contribution < 1.29 is 14.4 Å². The van der Waals surface area contributed by atoms with Crippen LogP contribution in [0.15, 0.2) is 58.9 Å². The Morgan fingerprint density at radius 3 is 2.28 bits per heavy atom. The number of benzene rings is 2. The summed E-state index contributed by atoms with van der Waals surface area (Å²) in [7, 11) is 0. The summed E-state index contributed by atoms with van der Waals surface area (Å²) < 4.78 is 0.847. The molecule has 0 saturated carbocycles. The van der Waals surface area contributed by atoms with E-state index < -0.39 is 0 Å². The Bertz CT molecular complexity index is 1060. The number of anilines is 1. The standard InChI is InChI=1S/C21H17N3O3S2/c1-28-21-23-17(13-7-3-2-4-8-13)18(29-21)22-16(25)11-12-24-19(26)14-9-5-6-10-15(14)20(24)27/h2-10H,11-12H2,1H3,(H,22,25). The summed E-state index contributed by atoms with van der Waals surface area (Å²) in [6.45, 7) is 0.0348. The van der Waals surface area contributed by atoms with E-state index in [1.807, 2.05) is 36.6 Å². The van der Waals surface area contributed by atoms with Crippen LogP contribution in [-0.2, 0) is 4.79 Å². The molecule has 0 aliphatic carbocycles. The van der Waals surface area contributed by atoms with E-state index in [4.69, 9.17) is 0 Å². The van der Waals surface area contributed by atoms with Gasteiger partial charge in [0.15, 0.2) is 4.34 Å². The van der Waals surface area contributed by atoms with Gasteiger partial charge in [-0.1, -0.05) is 65.6 Å². The smallest absolute Gasteiger partial charge is 0.261 e. The summed E-state index contributed by atoms with van der Waals surface area (Å²) in [6.07, 6.45) is 1.95. The highest BCUT2D eigenvalue weighted by Crippen LogP contribution is 2.36. The molecule has 2 heterocycles. The first-order chi connectivity index (χ1) is 14.1. The minimum Gasteiger partial charge on any atom is -0.316 e. The fraction of sp³-hybridized carbons (Fsp3) is 0.143. The summed E-state index contributed by atoms with van der Waals surface area (Å²) in [5.74, 6) is -0.980. The highest BCUT2D eigenvalue weighted by molar-refractivity contribution is 8.00. The van der Waals surface area contributed by atoms with Crippen molar-refractivity contribution in [3.8, 4) is 11.3 Å². The zero-order chi connectivity index (χ0) is 20.4. The lowest BCUT2D eigenvalue weighted by Crippen LogP contribution is -2.32. The third-order valence-electron chi connectivity index (χ3n) is 4.52. The minimum atomic E-state index is -0.356. The minimum absolute atomic E-state index is 0.0200. The number of hydrogen-bond donors (Lipinski definition) is 1. The Labute approximate surface area is 176 Å². The van der Waals surface area contributed by atoms with Crippen LogP contribution in [0, 0.1) is 0 Å². The van der Waals surface area contributed by atoms with E-state index in [1.54, 1.807) is 24.3 Å². The molecule has 0 unspecified atom stereocenters. The quantitative estimate of drug-likeness (QED) is 0.476. The molecule has 29 heavy (non-hydrogen) atoms. The molecule has 1 aliphatic heterocycles. The first kappa shape index (κ1) is 19.4. The first-order valence-electron chi connectivity index (χ1n) is 8.94. The molecule has 3 aromatic rings. The van der Waals surface area contributed by atoms with Gasteiger partial charge in [0.2, 0.25) is 5.91 Å². The van der Waals surface area contributed by atoms with Crippen LogP contribution in [0.5, 0.6) is 0 Å². The number of nitrogens with one attached hydrogen (secondary N) is 1. The third-order valence-corrected chi connectivity index (χ3v) is 6.48. The SMILES string of the molecule is CSc1nc(-c2ccccc2)c(NC(=O)CCN2C(=O)c3ccccc3C2=O)s1. The largest absolute Gasteiger partial charge is 0.316 e. The topological polar surface area (TPSA) is 79.4 Å². The van der Waals surface area contributed by atoms with E-state index in [1.165, 1.54) is 23.1 Å². The van der Waals surface area contributed by atoms with E-state index in [-0.39, 0.29) is 30.7 Å². The molecule has 6 nitrogen and oxygen atoms in total. The molecular formula is C21H17N3O3S2. The van der Waals surface area contributed by atoms with Gasteiger partial charge in [-0.15, -0.1) is 0 Å². The lowest BCUT2D eigenvalue weighted by molar-refractivity contribution is -0.116. The predicted molar refractivity (Wildman–Crippen MR) is 114 cm³/mol. The van der Waals surface area contributed by atoms with Gasteiger partial charge in [0.25, 0.3) is 11.8 Å². The average molecular weight is 424 g/mol. The zero-order valence-electron chi connectivity index (χ0n) is 15.5. The summed E-state index contributed by atoms with van der Waals surface area (Å²) >= 11 is 2.92. The van der Waals surface area contributed by atoms with Crippen molar-refractivity contribution in [3.05, 3.63) is 65.7 Å². The van der Waals surface area contributed by atoms with Crippen molar-refractivity contribution in [2.45, 2.75) is 10.8 Å². The molecule has 0 atom stereocenters. The van der Waals surface area contributed by atoms with E-state index in [0.29, 0.717) is 21.8 Å². The van der Waals surface area contributed by atoms with Gasteiger partial charge in [-0.05, 0) is 18.4 Å². The van der Waals surface area contributed by atoms with Gasteiger partial charge in [-0.3, -0.25) is 19.3 Å². The van der Waals surface area contributed by atoms with Crippen LogP contribution >= 0.6 is 23.1 Å². The van der Waals surface area contributed by atoms with Crippen molar-refractivity contribution >= 4 is 45.8 Å². The van der Waals surface area contributed by atoms with Crippen molar-refractivity contribution in [3.63, 3.8) is 0 Å². The summed E-state index contributed by atoms with van der Waals surface area (Å²) in [6, 6.07) is 16.3. The maximum absolute atomic E-state index is 12.5. The maximum atomic E-state index is 12.5. The second-order valence-corrected chi connectivity index (χ2v) is 8.39. The Morgan fingerprint density at radius 1 is 1.03 bits per heavy atom. The fourth-order valence-corrected chi connectivity index (χ4v) is 4.61. The normalized spacial score (nSPS) is 12.9. The number of fused-ring (bicyclic) bond motifs is 1. The van der Waals surface area contributed by atoms with Gasteiger partial charge in [-0.25, -0.2) is 4.98 Å². The summed E-state index contributed by atoms with van der Waals surface area (Å²) in [5.41, 5.74) is 2.40. The fourth-order valence-electron chi connectivity index (χ4n) is 3.11. The van der Waals surface area contributed by atoms with E-state index >= 15 is 0 Å². The molecule has 1 aromatic heterocycles. The zero-order valence-corrected chi connectivity index (χ0v) is 17.2. The average Bonchev–Trinajstić information content (AvgIpc) is 3.26. The number of nitrogens with zero attached hydrogens (tertiary/aromatic N) is 2. The Kier molecular flexibility index (Phi) is 5.46. The maximum Gasteiger partial charge on any atom is 0.261 e. The van der Waals surface area contributed by atoms with Crippen LogP contribution in [0.2, 0.25) is 0 Å². The summed E-state index contributed by atoms with van der Waals surface area (Å²) in [4.78, 5) is 43.1. The van der Waals surface area contributed by atoms with Crippen LogP contribution in [0.3, 0.4) is 0 Å². The molecule has 0 bridgehead atoms. The van der Waals surface area contributed by atoms with E-state index in [2.05, 4.69) is 10.3 Å². The molecule has 1 N–H and O–H groups in total. The Balaban J connectivity index is 1.46. The molecule has 0 fully saturated rings. The summed E-state index contributed by atoms with van der Waals surface area (Å²) in [5, 5.41) is 3.55. The number of hydrogen-bond acceptors (Lipinski definition) is 6. The van der Waals surface area contributed by atoms with E-state index in [9.17, 15) is 14.4 Å². The Morgan fingerprint density at radius 2 is 1.66 bits per heavy atom. The van der Waals surface area contributed by atoms with Crippen LogP contribution in [0.25, 0.3) is 11.3 Å². The van der Waals surface area contributed by atoms with Crippen LogP contribution in [0.1, 0.15) is 27.1 Å². The van der Waals surface area contributed by atoms with Crippen molar-refractivity contribution in [2.24, 2.45) is 0 Å². The van der Waals surface area contributed by atoms with Crippen molar-refractivity contribution in [1.29, 1.82) is 0 Å². The van der Waals surface area contributed by atoms with Crippen molar-refractivity contribution in [1.82, 2.24) is 9.88 Å². The van der Waals surface area contributed by atoms with Gasteiger partial charge >= 0.3 is 0 Å². The molecule has 2 aromatic carbocycles. The number of aromatic nitrogens is 1. The molecular weight excluding hydrogens is 406 g/mol. The highest BCUT2D eigenvalue weighted by Gasteiger charge is 2.35. The van der Waals surface area contributed by atoms with E-state index in [0.717, 1.165) is 14.8 Å². The number of rotatable bonds is 6. The molecule has 8 heteroatoms. The lowest BCUT2D eigenvalue weighted by atomic mass is 10.1. The van der Waals surface area contributed by atoms with Crippen LogP contribution in [0.4, 0.5) is 5.00 Å². The number of thioether (sulfide) groups is 1. The molecule has 1 aliphatic rings. The van der Waals surface area contributed by atoms with Gasteiger partial charge in [0.05, 0.1) is 11.1 Å². The molecule has 4 rings (SSSR count). The molecule has 0 radical (unpaired) electrons. The lowest BCUT2D eigenvalue weighted by Gasteiger charge is -2.13. The van der Waals surface area contributed by atoms with Gasteiger partial charge < -0.3 is 5.32 Å². The second kappa shape index (κ2) is 8.18. The molecule has 146 valence electrons. The molecule has 0 saturated heterocycles. The van der Waals surface area contributed by atoms with Gasteiger partial charge in [-0.2, -0.15) is 0 Å². The van der Waals surface area contributed by atoms with Crippen molar-refractivity contribution in [2.75, 3.05) is 18.1 Å². The molecule has 3 amide bonds. The monoisotopic (exact) mass is 423 g/mol. The number of thiazole rings is 1. The van der Waals surface area contributed by atoms with Gasteiger partial charge in [0.1, 0.15) is 10.7 Å². The third kappa shape index (κ3) is 3.81. The van der Waals surface area contributed by atoms with Crippen LogP contribution in [-0.4, -0.2) is 40.4 Å². The first-order valence-corrected chi connectivity index (χ1v) is 11.0.